The number of aromatic nitrogens is 2. The van der Waals surface area contributed by atoms with E-state index >= 15 is 0 Å². The quantitative estimate of drug-likeness (QED) is 0.790. The summed E-state index contributed by atoms with van der Waals surface area (Å²) in [5.41, 5.74) is 1.61. The lowest BCUT2D eigenvalue weighted by molar-refractivity contribution is 0.102. The van der Waals surface area contributed by atoms with Gasteiger partial charge in [-0.15, -0.1) is 22.7 Å². The maximum atomic E-state index is 12.4. The van der Waals surface area contributed by atoms with Crippen LogP contribution in [0.25, 0.3) is 9.88 Å². The Morgan fingerprint density at radius 3 is 2.71 bits per heavy atom. The number of pyridine rings is 1. The molecule has 1 amide bonds. The highest BCUT2D eigenvalue weighted by atomic mass is 32.1. The third-order valence-corrected chi connectivity index (χ3v) is 5.06. The first-order valence-corrected chi connectivity index (χ1v) is 8.09. The lowest BCUT2D eigenvalue weighted by Gasteiger charge is -2.03. The number of anilines is 1. The van der Waals surface area contributed by atoms with Gasteiger partial charge in [-0.3, -0.25) is 4.79 Å². The summed E-state index contributed by atoms with van der Waals surface area (Å²) in [5, 5.41) is 5.70. The first kappa shape index (κ1) is 13.9. The van der Waals surface area contributed by atoms with Crippen LogP contribution in [0, 0.1) is 13.8 Å². The van der Waals surface area contributed by atoms with Gasteiger partial charge in [-0.1, -0.05) is 12.1 Å². The van der Waals surface area contributed by atoms with E-state index in [1.165, 1.54) is 11.3 Å². The summed E-state index contributed by atoms with van der Waals surface area (Å²) in [6.07, 6.45) is 0. The number of amides is 1. The lowest BCUT2D eigenvalue weighted by atomic mass is 10.3. The minimum absolute atomic E-state index is 0.161. The van der Waals surface area contributed by atoms with Crippen molar-refractivity contribution in [3.8, 4) is 9.88 Å². The molecule has 1 N–H and O–H groups in total. The zero-order valence-electron chi connectivity index (χ0n) is 11.6. The zero-order valence-corrected chi connectivity index (χ0v) is 13.2. The number of rotatable bonds is 3. The number of hydrogen-bond acceptors (Lipinski definition) is 5. The summed E-state index contributed by atoms with van der Waals surface area (Å²) in [6, 6.07) is 9.53. The highest BCUT2D eigenvalue weighted by molar-refractivity contribution is 7.22. The molecule has 0 radical (unpaired) electrons. The number of thiazole rings is 1. The molecule has 0 fully saturated rings. The summed E-state index contributed by atoms with van der Waals surface area (Å²) < 4.78 is 0. The van der Waals surface area contributed by atoms with Crippen molar-refractivity contribution in [1.82, 2.24) is 9.97 Å². The Kier molecular flexibility index (Phi) is 3.81. The monoisotopic (exact) mass is 315 g/mol. The van der Waals surface area contributed by atoms with Gasteiger partial charge in [0.25, 0.3) is 5.91 Å². The fourth-order valence-corrected chi connectivity index (χ4v) is 3.66. The Labute approximate surface area is 130 Å². The van der Waals surface area contributed by atoms with Gasteiger partial charge in [-0.25, -0.2) is 9.97 Å². The molecule has 3 aromatic heterocycles. The summed E-state index contributed by atoms with van der Waals surface area (Å²) in [5.74, 6) is 0.399. The molecule has 0 aliphatic carbocycles. The van der Waals surface area contributed by atoms with E-state index in [0.29, 0.717) is 10.7 Å². The predicted molar refractivity (Wildman–Crippen MR) is 87.1 cm³/mol. The molecule has 0 atom stereocenters. The third kappa shape index (κ3) is 3.01. The summed E-state index contributed by atoms with van der Waals surface area (Å²) in [6.45, 7) is 3.74. The second-order valence-electron chi connectivity index (χ2n) is 4.53. The van der Waals surface area contributed by atoms with Crippen LogP contribution in [0.4, 0.5) is 5.82 Å². The topological polar surface area (TPSA) is 54.9 Å². The normalized spacial score (nSPS) is 10.6. The van der Waals surface area contributed by atoms with E-state index in [9.17, 15) is 4.79 Å². The minimum atomic E-state index is -0.161. The number of carbonyl (C=O) groups is 1. The Balaban J connectivity index is 1.85. The maximum absolute atomic E-state index is 12.4. The molecule has 0 saturated heterocycles. The molecule has 4 nitrogen and oxygen atoms in total. The fraction of sp³-hybridized carbons (Fsp3) is 0.133. The van der Waals surface area contributed by atoms with Gasteiger partial charge >= 0.3 is 0 Å². The Morgan fingerprint density at radius 1 is 1.14 bits per heavy atom. The average Bonchev–Trinajstić information content (AvgIpc) is 3.07. The van der Waals surface area contributed by atoms with Crippen molar-refractivity contribution in [2.45, 2.75) is 13.8 Å². The molecule has 0 aromatic carbocycles. The first-order valence-electron chi connectivity index (χ1n) is 6.40. The van der Waals surface area contributed by atoms with Crippen LogP contribution < -0.4 is 5.32 Å². The molecule has 3 aromatic rings. The van der Waals surface area contributed by atoms with Crippen molar-refractivity contribution in [3.63, 3.8) is 0 Å². The predicted octanol–water partition coefficient (Wildman–Crippen LogP) is 4.14. The SMILES string of the molecule is Cc1cccc(NC(=O)c2sc(-c3cccs3)nc2C)n1. The fourth-order valence-electron chi connectivity index (χ4n) is 1.90. The van der Waals surface area contributed by atoms with Gasteiger partial charge < -0.3 is 5.32 Å². The van der Waals surface area contributed by atoms with Gasteiger partial charge in [0, 0.05) is 5.69 Å². The Hall–Kier alpha value is -2.05. The van der Waals surface area contributed by atoms with Crippen molar-refractivity contribution in [2.75, 3.05) is 5.32 Å². The second-order valence-corrected chi connectivity index (χ2v) is 6.48. The molecule has 3 heterocycles. The summed E-state index contributed by atoms with van der Waals surface area (Å²) in [4.78, 5) is 22.8. The molecule has 0 aliphatic rings. The molecule has 6 heteroatoms. The van der Waals surface area contributed by atoms with E-state index in [1.54, 1.807) is 17.4 Å². The number of nitrogens with one attached hydrogen (secondary N) is 1. The van der Waals surface area contributed by atoms with E-state index in [1.807, 2.05) is 43.5 Å². The van der Waals surface area contributed by atoms with E-state index < -0.39 is 0 Å². The summed E-state index contributed by atoms with van der Waals surface area (Å²) in [7, 11) is 0. The molecule has 3 rings (SSSR count). The van der Waals surface area contributed by atoms with E-state index in [0.717, 1.165) is 21.3 Å². The standard InChI is InChI=1S/C15H13N3OS2/c1-9-5-3-7-12(16-9)18-14(19)13-10(2)17-15(21-13)11-6-4-8-20-11/h3-8H,1-2H3,(H,16,18,19). The van der Waals surface area contributed by atoms with Gasteiger partial charge in [-0.05, 0) is 37.4 Å². The van der Waals surface area contributed by atoms with Crippen LogP contribution in [0.15, 0.2) is 35.7 Å². The van der Waals surface area contributed by atoms with E-state index in [2.05, 4.69) is 15.3 Å². The van der Waals surface area contributed by atoms with Crippen LogP contribution in [0.3, 0.4) is 0 Å². The van der Waals surface area contributed by atoms with Crippen molar-refractivity contribution in [1.29, 1.82) is 0 Å². The summed E-state index contributed by atoms with van der Waals surface area (Å²) >= 11 is 3.03. The van der Waals surface area contributed by atoms with Gasteiger partial charge in [0.05, 0.1) is 10.6 Å². The van der Waals surface area contributed by atoms with Crippen LogP contribution in [0.2, 0.25) is 0 Å². The highest BCUT2D eigenvalue weighted by Gasteiger charge is 2.17. The van der Waals surface area contributed by atoms with Crippen LogP contribution in [0.5, 0.6) is 0 Å². The van der Waals surface area contributed by atoms with Crippen molar-refractivity contribution in [2.24, 2.45) is 0 Å². The average molecular weight is 315 g/mol. The van der Waals surface area contributed by atoms with Crippen molar-refractivity contribution in [3.05, 3.63) is 52.0 Å². The molecule has 0 bridgehead atoms. The molecular formula is C15H13N3OS2. The number of hydrogen-bond donors (Lipinski definition) is 1. The number of carbonyl (C=O) groups excluding carboxylic acids is 1. The molecular weight excluding hydrogens is 302 g/mol. The van der Waals surface area contributed by atoms with Crippen molar-refractivity contribution < 1.29 is 4.79 Å². The van der Waals surface area contributed by atoms with E-state index in [-0.39, 0.29) is 5.91 Å². The second kappa shape index (κ2) is 5.75. The molecule has 0 aliphatic heterocycles. The van der Waals surface area contributed by atoms with Crippen molar-refractivity contribution >= 4 is 34.4 Å². The van der Waals surface area contributed by atoms with Crippen LogP contribution in [-0.4, -0.2) is 15.9 Å². The van der Waals surface area contributed by atoms with E-state index in [4.69, 9.17) is 0 Å². The third-order valence-electron chi connectivity index (χ3n) is 2.86. The number of aryl methyl sites for hydroxylation is 2. The van der Waals surface area contributed by atoms with Gasteiger partial charge in [0.15, 0.2) is 0 Å². The number of thiophene rings is 1. The number of nitrogens with zero attached hydrogens (tertiary/aromatic N) is 2. The van der Waals surface area contributed by atoms with Gasteiger partial charge in [0.2, 0.25) is 0 Å². The molecule has 106 valence electrons. The lowest BCUT2D eigenvalue weighted by Crippen LogP contribution is -2.12. The smallest absolute Gasteiger partial charge is 0.268 e. The van der Waals surface area contributed by atoms with Crippen LogP contribution in [0.1, 0.15) is 21.1 Å². The van der Waals surface area contributed by atoms with Gasteiger partial charge in [0.1, 0.15) is 15.7 Å². The van der Waals surface area contributed by atoms with Crippen LogP contribution in [-0.2, 0) is 0 Å². The molecule has 0 spiro atoms. The van der Waals surface area contributed by atoms with Crippen LogP contribution >= 0.6 is 22.7 Å². The maximum Gasteiger partial charge on any atom is 0.268 e. The zero-order chi connectivity index (χ0) is 14.8. The highest BCUT2D eigenvalue weighted by Crippen LogP contribution is 2.31. The largest absolute Gasteiger partial charge is 0.306 e. The minimum Gasteiger partial charge on any atom is -0.306 e. The molecule has 0 unspecified atom stereocenters. The molecule has 0 saturated carbocycles. The Morgan fingerprint density at radius 2 is 2.00 bits per heavy atom. The van der Waals surface area contributed by atoms with Gasteiger partial charge in [-0.2, -0.15) is 0 Å². The molecule has 21 heavy (non-hydrogen) atoms. The first-order chi connectivity index (χ1) is 10.1. The Bertz CT molecular complexity index is 778.